The Morgan fingerprint density at radius 3 is 2.55 bits per heavy atom. The Bertz CT molecular complexity index is 630. The Balaban J connectivity index is 1.57. The molecule has 0 aliphatic heterocycles. The minimum Gasteiger partial charge on any atom is -0.335 e. The Morgan fingerprint density at radius 2 is 1.91 bits per heavy atom. The van der Waals surface area contributed by atoms with Crippen LogP contribution in [0.1, 0.15) is 37.9 Å². The van der Waals surface area contributed by atoms with Gasteiger partial charge in [-0.3, -0.25) is 0 Å². The van der Waals surface area contributed by atoms with Crippen LogP contribution in [0.25, 0.3) is 11.5 Å². The number of amides is 2. The van der Waals surface area contributed by atoms with E-state index >= 15 is 0 Å². The maximum Gasteiger partial charge on any atom is 0.319 e. The van der Waals surface area contributed by atoms with Crippen molar-refractivity contribution in [3.8, 4) is 11.5 Å². The summed E-state index contributed by atoms with van der Waals surface area (Å²) in [5.41, 5.74) is 1.58. The first-order chi connectivity index (χ1) is 10.7. The number of nitrogens with zero attached hydrogens (tertiary/aromatic N) is 2. The van der Waals surface area contributed by atoms with E-state index in [2.05, 4.69) is 20.8 Å². The summed E-state index contributed by atoms with van der Waals surface area (Å²) in [6, 6.07) is 7.51. The average Bonchev–Trinajstić information content (AvgIpc) is 2.95. The molecule has 0 atom stereocenters. The van der Waals surface area contributed by atoms with Crippen LogP contribution in [0.3, 0.4) is 0 Å². The quantitative estimate of drug-likeness (QED) is 0.909. The Morgan fingerprint density at radius 1 is 1.18 bits per heavy atom. The van der Waals surface area contributed by atoms with Crippen LogP contribution in [-0.2, 0) is 0 Å². The van der Waals surface area contributed by atoms with Crippen molar-refractivity contribution in [3.63, 3.8) is 0 Å². The topological polar surface area (TPSA) is 80.0 Å². The number of anilines is 1. The summed E-state index contributed by atoms with van der Waals surface area (Å²) < 4.78 is 5.11. The van der Waals surface area contributed by atoms with E-state index in [0.29, 0.717) is 17.8 Å². The molecule has 1 fully saturated rings. The zero-order valence-corrected chi connectivity index (χ0v) is 12.6. The summed E-state index contributed by atoms with van der Waals surface area (Å²) in [6.45, 7) is 1.78. The molecule has 2 amide bonds. The van der Waals surface area contributed by atoms with Gasteiger partial charge in [-0.05, 0) is 44.0 Å². The van der Waals surface area contributed by atoms with Crippen molar-refractivity contribution in [3.05, 3.63) is 30.1 Å². The molecule has 116 valence electrons. The van der Waals surface area contributed by atoms with Crippen molar-refractivity contribution in [1.82, 2.24) is 15.5 Å². The van der Waals surface area contributed by atoms with Gasteiger partial charge in [-0.1, -0.05) is 24.4 Å². The van der Waals surface area contributed by atoms with Crippen molar-refractivity contribution in [2.45, 2.75) is 45.1 Å². The number of aromatic nitrogens is 2. The normalized spacial score (nSPS) is 15.5. The molecule has 3 rings (SSSR count). The molecule has 1 heterocycles. The van der Waals surface area contributed by atoms with Crippen molar-refractivity contribution in [2.75, 3.05) is 5.32 Å². The highest BCUT2D eigenvalue weighted by atomic mass is 16.5. The third-order valence-electron chi connectivity index (χ3n) is 3.86. The second-order valence-corrected chi connectivity index (χ2v) is 5.66. The van der Waals surface area contributed by atoms with E-state index in [4.69, 9.17) is 4.52 Å². The van der Waals surface area contributed by atoms with Gasteiger partial charge in [0.2, 0.25) is 0 Å². The van der Waals surface area contributed by atoms with Gasteiger partial charge < -0.3 is 15.2 Å². The third kappa shape index (κ3) is 3.63. The van der Waals surface area contributed by atoms with E-state index in [0.717, 1.165) is 24.1 Å². The lowest BCUT2D eigenvalue weighted by atomic mass is 9.96. The molecule has 2 aromatic rings. The molecule has 0 spiro atoms. The fourth-order valence-electron chi connectivity index (χ4n) is 2.71. The summed E-state index contributed by atoms with van der Waals surface area (Å²) in [5, 5.41) is 9.65. The largest absolute Gasteiger partial charge is 0.335 e. The molecule has 2 N–H and O–H groups in total. The monoisotopic (exact) mass is 300 g/mol. The Kier molecular flexibility index (Phi) is 4.37. The van der Waals surface area contributed by atoms with E-state index in [1.165, 1.54) is 19.3 Å². The number of benzene rings is 1. The van der Waals surface area contributed by atoms with Crippen LogP contribution in [0, 0.1) is 6.92 Å². The summed E-state index contributed by atoms with van der Waals surface area (Å²) in [6.07, 6.45) is 5.81. The van der Waals surface area contributed by atoms with E-state index in [1.807, 2.05) is 24.3 Å². The van der Waals surface area contributed by atoms with Crippen LogP contribution in [0.2, 0.25) is 0 Å². The molecule has 6 nitrogen and oxygen atoms in total. The van der Waals surface area contributed by atoms with Gasteiger partial charge in [0, 0.05) is 17.3 Å². The van der Waals surface area contributed by atoms with Crippen molar-refractivity contribution in [1.29, 1.82) is 0 Å². The maximum atomic E-state index is 12.0. The lowest BCUT2D eigenvalue weighted by Crippen LogP contribution is -2.38. The highest BCUT2D eigenvalue weighted by Gasteiger charge is 2.15. The predicted molar refractivity (Wildman–Crippen MR) is 83.5 cm³/mol. The number of nitrogens with one attached hydrogen (secondary N) is 2. The SMILES string of the molecule is Cc1noc(-c2ccc(NC(=O)NC3CCCCC3)cc2)n1. The van der Waals surface area contributed by atoms with Gasteiger partial charge in [0.05, 0.1) is 0 Å². The van der Waals surface area contributed by atoms with Crippen LogP contribution in [0.15, 0.2) is 28.8 Å². The molecule has 1 aliphatic carbocycles. The molecule has 0 saturated heterocycles. The Labute approximate surface area is 129 Å². The number of hydrogen-bond donors (Lipinski definition) is 2. The van der Waals surface area contributed by atoms with E-state index in [9.17, 15) is 4.79 Å². The fraction of sp³-hybridized carbons (Fsp3) is 0.438. The molecule has 1 aliphatic rings. The minimum atomic E-state index is -0.145. The molecule has 1 saturated carbocycles. The Hall–Kier alpha value is -2.37. The average molecular weight is 300 g/mol. The van der Waals surface area contributed by atoms with Crippen molar-refractivity contribution >= 4 is 11.7 Å². The maximum absolute atomic E-state index is 12.0. The zero-order chi connectivity index (χ0) is 15.4. The predicted octanol–water partition coefficient (Wildman–Crippen LogP) is 3.50. The van der Waals surface area contributed by atoms with Crippen LogP contribution >= 0.6 is 0 Å². The van der Waals surface area contributed by atoms with Gasteiger partial charge in [0.25, 0.3) is 5.89 Å². The van der Waals surface area contributed by atoms with Crippen molar-refractivity contribution in [2.24, 2.45) is 0 Å². The number of rotatable bonds is 3. The van der Waals surface area contributed by atoms with Gasteiger partial charge in [-0.2, -0.15) is 4.98 Å². The van der Waals surface area contributed by atoms with Gasteiger partial charge in [0.15, 0.2) is 5.82 Å². The second kappa shape index (κ2) is 6.60. The number of hydrogen-bond acceptors (Lipinski definition) is 4. The summed E-state index contributed by atoms with van der Waals surface area (Å²) >= 11 is 0. The molecule has 22 heavy (non-hydrogen) atoms. The zero-order valence-electron chi connectivity index (χ0n) is 12.6. The molecule has 6 heteroatoms. The van der Waals surface area contributed by atoms with Gasteiger partial charge in [0.1, 0.15) is 0 Å². The van der Waals surface area contributed by atoms with Crippen molar-refractivity contribution < 1.29 is 9.32 Å². The second-order valence-electron chi connectivity index (χ2n) is 5.66. The first kappa shape index (κ1) is 14.6. The van der Waals surface area contributed by atoms with Gasteiger partial charge in [-0.25, -0.2) is 4.79 Å². The molecule has 0 unspecified atom stereocenters. The van der Waals surface area contributed by atoms with E-state index < -0.39 is 0 Å². The van der Waals surface area contributed by atoms with E-state index in [1.54, 1.807) is 6.92 Å². The lowest BCUT2D eigenvalue weighted by Gasteiger charge is -2.22. The molecular formula is C16H20N4O2. The van der Waals surface area contributed by atoms with Crippen LogP contribution < -0.4 is 10.6 Å². The van der Waals surface area contributed by atoms with E-state index in [-0.39, 0.29) is 6.03 Å². The molecule has 0 radical (unpaired) electrons. The molecule has 0 bridgehead atoms. The third-order valence-corrected chi connectivity index (χ3v) is 3.86. The van der Waals surface area contributed by atoms with Gasteiger partial charge >= 0.3 is 6.03 Å². The van der Waals surface area contributed by atoms with Crippen LogP contribution in [0.5, 0.6) is 0 Å². The summed E-state index contributed by atoms with van der Waals surface area (Å²) in [7, 11) is 0. The number of carbonyl (C=O) groups is 1. The first-order valence-electron chi connectivity index (χ1n) is 7.69. The molecule has 1 aromatic heterocycles. The fourth-order valence-corrected chi connectivity index (χ4v) is 2.71. The minimum absolute atomic E-state index is 0.145. The number of aryl methyl sites for hydroxylation is 1. The summed E-state index contributed by atoms with van der Waals surface area (Å²) in [4.78, 5) is 16.1. The highest BCUT2D eigenvalue weighted by Crippen LogP contribution is 2.20. The molecular weight excluding hydrogens is 280 g/mol. The highest BCUT2D eigenvalue weighted by molar-refractivity contribution is 5.89. The van der Waals surface area contributed by atoms with Gasteiger partial charge in [-0.15, -0.1) is 0 Å². The number of carbonyl (C=O) groups excluding carboxylic acids is 1. The smallest absolute Gasteiger partial charge is 0.319 e. The standard InChI is InChI=1S/C16H20N4O2/c1-11-17-15(22-20-11)12-7-9-14(10-8-12)19-16(21)18-13-5-3-2-4-6-13/h7-10,13H,2-6H2,1H3,(H2,18,19,21). The van der Waals surface area contributed by atoms with Crippen LogP contribution in [0.4, 0.5) is 10.5 Å². The lowest BCUT2D eigenvalue weighted by molar-refractivity contribution is 0.244. The first-order valence-corrected chi connectivity index (χ1v) is 7.69. The summed E-state index contributed by atoms with van der Waals surface area (Å²) in [5.74, 6) is 1.08. The number of urea groups is 1. The molecule has 1 aromatic carbocycles. The van der Waals surface area contributed by atoms with Crippen LogP contribution in [-0.4, -0.2) is 22.2 Å².